The second kappa shape index (κ2) is 7.79. The maximum absolute atomic E-state index is 13.5. The van der Waals surface area contributed by atoms with Crippen LogP contribution in [-0.4, -0.2) is 54.4 Å². The van der Waals surface area contributed by atoms with Gasteiger partial charge in [0.15, 0.2) is 18.2 Å². The van der Waals surface area contributed by atoms with Crippen LogP contribution in [-0.2, 0) is 4.79 Å². The minimum atomic E-state index is -0.492. The largest absolute Gasteiger partial charge is 0.481 e. The van der Waals surface area contributed by atoms with Gasteiger partial charge in [-0.15, -0.1) is 0 Å². The average molecular weight is 342 g/mol. The first kappa shape index (κ1) is 17.0. The van der Waals surface area contributed by atoms with Gasteiger partial charge < -0.3 is 14.5 Å². The Morgan fingerprint density at radius 1 is 0.880 bits per heavy atom. The van der Waals surface area contributed by atoms with Gasteiger partial charge in [-0.2, -0.15) is 0 Å². The third-order valence-corrected chi connectivity index (χ3v) is 4.13. The summed E-state index contributed by atoms with van der Waals surface area (Å²) in [5, 5.41) is 0. The third-order valence-electron chi connectivity index (χ3n) is 4.13. The molecule has 1 heterocycles. The molecule has 0 radical (unpaired) electrons. The predicted molar refractivity (Wildman–Crippen MR) is 90.8 cm³/mol. The summed E-state index contributed by atoms with van der Waals surface area (Å²) in [5.41, 5.74) is 0.644. The van der Waals surface area contributed by atoms with Crippen molar-refractivity contribution in [1.29, 1.82) is 0 Å². The van der Waals surface area contributed by atoms with Crippen LogP contribution in [0.15, 0.2) is 54.6 Å². The van der Waals surface area contributed by atoms with E-state index in [0.29, 0.717) is 31.7 Å². The molecule has 130 valence electrons. The van der Waals surface area contributed by atoms with E-state index in [1.54, 1.807) is 34.1 Å². The normalized spacial score (nSPS) is 14.3. The van der Waals surface area contributed by atoms with Crippen molar-refractivity contribution >= 4 is 11.8 Å². The number of benzene rings is 2. The lowest BCUT2D eigenvalue weighted by molar-refractivity contribution is -0.134. The van der Waals surface area contributed by atoms with Crippen LogP contribution in [0.5, 0.6) is 5.75 Å². The van der Waals surface area contributed by atoms with Crippen LogP contribution < -0.4 is 4.74 Å². The SMILES string of the molecule is O=C(COc1ccccc1F)N1CCN(C(=O)c2ccccc2)CC1. The highest BCUT2D eigenvalue weighted by molar-refractivity contribution is 5.94. The molecule has 1 fully saturated rings. The van der Waals surface area contributed by atoms with E-state index in [1.165, 1.54) is 12.1 Å². The maximum Gasteiger partial charge on any atom is 0.260 e. The highest BCUT2D eigenvalue weighted by atomic mass is 19.1. The molecule has 0 aromatic heterocycles. The first-order chi connectivity index (χ1) is 12.1. The molecule has 0 unspecified atom stereocenters. The Morgan fingerprint density at radius 2 is 1.48 bits per heavy atom. The zero-order valence-corrected chi connectivity index (χ0v) is 13.7. The van der Waals surface area contributed by atoms with Gasteiger partial charge in [0, 0.05) is 31.7 Å². The van der Waals surface area contributed by atoms with E-state index in [2.05, 4.69) is 0 Å². The fourth-order valence-corrected chi connectivity index (χ4v) is 2.71. The molecule has 0 N–H and O–H groups in total. The molecule has 5 nitrogen and oxygen atoms in total. The molecule has 2 aromatic carbocycles. The standard InChI is InChI=1S/C19H19FN2O3/c20-16-8-4-5-9-17(16)25-14-18(23)21-10-12-22(13-11-21)19(24)15-6-2-1-3-7-15/h1-9H,10-14H2. The second-order valence-electron chi connectivity index (χ2n) is 5.76. The van der Waals surface area contributed by atoms with E-state index in [9.17, 15) is 14.0 Å². The summed E-state index contributed by atoms with van der Waals surface area (Å²) in [7, 11) is 0. The number of hydrogen-bond acceptors (Lipinski definition) is 3. The van der Waals surface area contributed by atoms with Crippen LogP contribution in [0, 0.1) is 5.82 Å². The molecular formula is C19H19FN2O3. The fourth-order valence-electron chi connectivity index (χ4n) is 2.71. The van der Waals surface area contributed by atoms with Gasteiger partial charge >= 0.3 is 0 Å². The highest BCUT2D eigenvalue weighted by Gasteiger charge is 2.25. The topological polar surface area (TPSA) is 49.9 Å². The summed E-state index contributed by atoms with van der Waals surface area (Å²) >= 11 is 0. The van der Waals surface area contributed by atoms with Crippen molar-refractivity contribution in [3.8, 4) is 5.75 Å². The molecule has 0 saturated carbocycles. The van der Waals surface area contributed by atoms with Crippen molar-refractivity contribution < 1.29 is 18.7 Å². The summed E-state index contributed by atoms with van der Waals surface area (Å²) in [6.07, 6.45) is 0. The van der Waals surface area contributed by atoms with Crippen molar-refractivity contribution in [2.24, 2.45) is 0 Å². The van der Waals surface area contributed by atoms with Crippen molar-refractivity contribution in [2.75, 3.05) is 32.8 Å². The van der Waals surface area contributed by atoms with Crippen LogP contribution in [0.25, 0.3) is 0 Å². The number of carbonyl (C=O) groups excluding carboxylic acids is 2. The zero-order chi connectivity index (χ0) is 17.6. The van der Waals surface area contributed by atoms with Gasteiger partial charge in [-0.05, 0) is 24.3 Å². The Hall–Kier alpha value is -2.89. The number of hydrogen-bond donors (Lipinski definition) is 0. The Bertz CT molecular complexity index is 743. The molecule has 6 heteroatoms. The van der Waals surface area contributed by atoms with Gasteiger partial charge in [0.2, 0.25) is 0 Å². The Labute approximate surface area is 145 Å². The number of nitrogens with zero attached hydrogens (tertiary/aromatic N) is 2. The van der Waals surface area contributed by atoms with Crippen LogP contribution in [0.4, 0.5) is 4.39 Å². The van der Waals surface area contributed by atoms with Crippen LogP contribution in [0.2, 0.25) is 0 Å². The summed E-state index contributed by atoms with van der Waals surface area (Å²) < 4.78 is 18.7. The summed E-state index contributed by atoms with van der Waals surface area (Å²) in [4.78, 5) is 28.0. The van der Waals surface area contributed by atoms with Gasteiger partial charge in [-0.25, -0.2) is 4.39 Å². The van der Waals surface area contributed by atoms with E-state index in [1.807, 2.05) is 18.2 Å². The predicted octanol–water partition coefficient (Wildman–Crippen LogP) is 2.19. The molecule has 3 rings (SSSR count). The van der Waals surface area contributed by atoms with Gasteiger partial charge in [0.25, 0.3) is 11.8 Å². The Kier molecular flexibility index (Phi) is 5.28. The number of carbonyl (C=O) groups is 2. The van der Waals surface area contributed by atoms with E-state index in [0.717, 1.165) is 0 Å². The number of rotatable bonds is 4. The van der Waals surface area contributed by atoms with Gasteiger partial charge in [-0.3, -0.25) is 9.59 Å². The molecule has 0 spiro atoms. The highest BCUT2D eigenvalue weighted by Crippen LogP contribution is 2.15. The monoisotopic (exact) mass is 342 g/mol. The van der Waals surface area contributed by atoms with Gasteiger partial charge in [0.1, 0.15) is 0 Å². The summed E-state index contributed by atoms with van der Waals surface area (Å²) in [5.74, 6) is -0.673. The molecule has 0 aliphatic carbocycles. The number of halogens is 1. The molecule has 25 heavy (non-hydrogen) atoms. The summed E-state index contributed by atoms with van der Waals surface area (Å²) in [6, 6.07) is 15.1. The zero-order valence-electron chi connectivity index (χ0n) is 13.7. The Balaban J connectivity index is 1.49. The second-order valence-corrected chi connectivity index (χ2v) is 5.76. The first-order valence-corrected chi connectivity index (χ1v) is 8.14. The van der Waals surface area contributed by atoms with Crippen LogP contribution in [0.1, 0.15) is 10.4 Å². The number of amides is 2. The van der Waals surface area contributed by atoms with E-state index < -0.39 is 5.82 Å². The first-order valence-electron chi connectivity index (χ1n) is 8.14. The van der Waals surface area contributed by atoms with Crippen molar-refractivity contribution in [3.63, 3.8) is 0 Å². The van der Waals surface area contributed by atoms with Crippen molar-refractivity contribution in [3.05, 3.63) is 66.0 Å². The van der Waals surface area contributed by atoms with E-state index >= 15 is 0 Å². The molecule has 0 atom stereocenters. The van der Waals surface area contributed by atoms with E-state index in [-0.39, 0.29) is 24.2 Å². The van der Waals surface area contributed by atoms with Gasteiger partial charge in [-0.1, -0.05) is 30.3 Å². The van der Waals surface area contributed by atoms with Crippen molar-refractivity contribution in [2.45, 2.75) is 0 Å². The molecule has 0 bridgehead atoms. The fraction of sp³-hybridized carbons (Fsp3) is 0.263. The Morgan fingerprint density at radius 3 is 2.16 bits per heavy atom. The lowest BCUT2D eigenvalue weighted by Gasteiger charge is -2.34. The number of piperazine rings is 1. The summed E-state index contributed by atoms with van der Waals surface area (Å²) in [6.45, 7) is 1.61. The quantitative estimate of drug-likeness (QED) is 0.856. The molecule has 1 aliphatic heterocycles. The number of para-hydroxylation sites is 1. The van der Waals surface area contributed by atoms with Gasteiger partial charge in [0.05, 0.1) is 0 Å². The average Bonchev–Trinajstić information content (AvgIpc) is 2.67. The smallest absolute Gasteiger partial charge is 0.260 e. The lowest BCUT2D eigenvalue weighted by Crippen LogP contribution is -2.51. The van der Waals surface area contributed by atoms with Crippen LogP contribution in [0.3, 0.4) is 0 Å². The molecule has 1 aliphatic rings. The maximum atomic E-state index is 13.5. The van der Waals surface area contributed by atoms with Crippen molar-refractivity contribution in [1.82, 2.24) is 9.80 Å². The minimum absolute atomic E-state index is 0.0321. The van der Waals surface area contributed by atoms with Crippen LogP contribution >= 0.6 is 0 Å². The number of ether oxygens (including phenoxy) is 1. The third kappa shape index (κ3) is 4.15. The van der Waals surface area contributed by atoms with E-state index in [4.69, 9.17) is 4.74 Å². The lowest BCUT2D eigenvalue weighted by atomic mass is 10.2. The molecule has 1 saturated heterocycles. The molecular weight excluding hydrogens is 323 g/mol. The minimum Gasteiger partial charge on any atom is -0.481 e. The molecule has 2 aromatic rings. The molecule has 2 amide bonds.